The second-order valence-corrected chi connectivity index (χ2v) is 8.16. The third-order valence-corrected chi connectivity index (χ3v) is 5.24. The van der Waals surface area contributed by atoms with Crippen LogP contribution in [0.5, 0.6) is 0 Å². The molecule has 144 valence electrons. The Kier molecular flexibility index (Phi) is 4.94. The topological polar surface area (TPSA) is 72.7 Å². The van der Waals surface area contributed by atoms with Gasteiger partial charge in [0, 0.05) is 30.6 Å². The van der Waals surface area contributed by atoms with E-state index in [1.807, 2.05) is 29.1 Å². The number of benzene rings is 1. The van der Waals surface area contributed by atoms with E-state index < -0.39 is 0 Å². The molecule has 0 unspecified atom stereocenters. The van der Waals surface area contributed by atoms with Gasteiger partial charge >= 0.3 is 0 Å². The highest BCUT2D eigenvalue weighted by molar-refractivity contribution is 5.76. The van der Waals surface area contributed by atoms with Gasteiger partial charge < -0.3 is 5.32 Å². The maximum atomic E-state index is 12.6. The molecular weight excluding hydrogens is 350 g/mol. The van der Waals surface area contributed by atoms with Gasteiger partial charge in [-0.25, -0.2) is 4.68 Å². The van der Waals surface area contributed by atoms with Crippen molar-refractivity contribution in [3.05, 3.63) is 72.1 Å². The van der Waals surface area contributed by atoms with Crippen LogP contribution in [0.3, 0.4) is 0 Å². The summed E-state index contributed by atoms with van der Waals surface area (Å²) in [6, 6.07) is 10.1. The molecule has 0 radical (unpaired) electrons. The van der Waals surface area contributed by atoms with Crippen LogP contribution in [0.2, 0.25) is 0 Å². The molecule has 1 amide bonds. The van der Waals surface area contributed by atoms with Gasteiger partial charge in [0.2, 0.25) is 5.91 Å². The molecule has 2 aromatic heterocycles. The second kappa shape index (κ2) is 7.54. The maximum Gasteiger partial charge on any atom is 0.220 e. The van der Waals surface area contributed by atoms with Gasteiger partial charge in [0.25, 0.3) is 0 Å². The van der Waals surface area contributed by atoms with E-state index in [0.717, 1.165) is 29.8 Å². The predicted molar refractivity (Wildman–Crippen MR) is 107 cm³/mol. The van der Waals surface area contributed by atoms with Crippen molar-refractivity contribution in [2.45, 2.75) is 45.6 Å². The van der Waals surface area contributed by atoms with Gasteiger partial charge in [-0.1, -0.05) is 32.0 Å². The van der Waals surface area contributed by atoms with Crippen LogP contribution in [-0.2, 0) is 17.6 Å². The lowest BCUT2D eigenvalue weighted by Crippen LogP contribution is -2.36. The minimum Gasteiger partial charge on any atom is -0.349 e. The molecule has 4 rings (SSSR count). The van der Waals surface area contributed by atoms with Crippen LogP contribution in [0.25, 0.3) is 5.69 Å². The highest BCUT2D eigenvalue weighted by Gasteiger charge is 2.35. The van der Waals surface area contributed by atoms with E-state index in [9.17, 15) is 4.79 Å². The number of amides is 1. The Labute approximate surface area is 165 Å². The number of hydrogen-bond acceptors (Lipinski definition) is 4. The first-order chi connectivity index (χ1) is 13.5. The van der Waals surface area contributed by atoms with E-state index in [-0.39, 0.29) is 17.4 Å². The lowest BCUT2D eigenvalue weighted by Gasteiger charge is -2.36. The Balaban J connectivity index is 1.52. The maximum absolute atomic E-state index is 12.6. The number of nitrogens with one attached hydrogen (secondary N) is 1. The third-order valence-electron chi connectivity index (χ3n) is 5.24. The van der Waals surface area contributed by atoms with Gasteiger partial charge in [0.15, 0.2) is 0 Å². The Morgan fingerprint density at radius 3 is 2.79 bits per heavy atom. The standard InChI is InChI=1S/C22H25N5O/c1-22(2)12-19(26-21(28)9-8-16-14-23-10-11-24-16)18-15-25-27(20(18)13-22)17-6-4-3-5-7-17/h3-7,10-11,14-15,19H,8-9,12-13H2,1-2H3,(H,26,28)/t19-/m1/s1. The molecule has 2 heterocycles. The molecule has 0 saturated heterocycles. The summed E-state index contributed by atoms with van der Waals surface area (Å²) in [5, 5.41) is 7.86. The SMILES string of the molecule is CC1(C)Cc2c(cnn2-c2ccccc2)[C@H](NC(=O)CCc2cnccn2)C1. The summed E-state index contributed by atoms with van der Waals surface area (Å²) in [6.45, 7) is 4.49. The Morgan fingerprint density at radius 2 is 2.04 bits per heavy atom. The largest absolute Gasteiger partial charge is 0.349 e. The smallest absolute Gasteiger partial charge is 0.220 e. The summed E-state index contributed by atoms with van der Waals surface area (Å²) in [5.41, 5.74) is 4.27. The molecular formula is C22H25N5O. The predicted octanol–water partition coefficient (Wildman–Crippen LogP) is 3.42. The van der Waals surface area contributed by atoms with E-state index in [1.165, 1.54) is 5.69 Å². The van der Waals surface area contributed by atoms with Crippen LogP contribution in [0.15, 0.2) is 55.1 Å². The molecule has 1 aromatic carbocycles. The highest BCUT2D eigenvalue weighted by Crippen LogP contribution is 2.41. The molecule has 6 heteroatoms. The first-order valence-electron chi connectivity index (χ1n) is 9.68. The minimum atomic E-state index is -0.0226. The average Bonchev–Trinajstić information content (AvgIpc) is 3.10. The fourth-order valence-electron chi connectivity index (χ4n) is 3.93. The van der Waals surface area contributed by atoms with E-state index in [4.69, 9.17) is 0 Å². The van der Waals surface area contributed by atoms with Crippen molar-refractivity contribution in [1.82, 2.24) is 25.1 Å². The van der Waals surface area contributed by atoms with E-state index in [2.05, 4.69) is 46.4 Å². The van der Waals surface area contributed by atoms with Crippen molar-refractivity contribution in [3.8, 4) is 5.69 Å². The first-order valence-corrected chi connectivity index (χ1v) is 9.68. The molecule has 0 saturated carbocycles. The zero-order chi connectivity index (χ0) is 19.6. The van der Waals surface area contributed by atoms with Crippen LogP contribution in [0.4, 0.5) is 0 Å². The van der Waals surface area contributed by atoms with Gasteiger partial charge in [-0.15, -0.1) is 0 Å². The minimum absolute atomic E-state index is 0.0226. The number of hydrogen-bond donors (Lipinski definition) is 1. The third kappa shape index (κ3) is 3.96. The number of nitrogens with zero attached hydrogens (tertiary/aromatic N) is 4. The summed E-state index contributed by atoms with van der Waals surface area (Å²) < 4.78 is 2.01. The van der Waals surface area contributed by atoms with E-state index >= 15 is 0 Å². The molecule has 6 nitrogen and oxygen atoms in total. The quantitative estimate of drug-likeness (QED) is 0.742. The molecule has 1 atom stereocenters. The molecule has 0 aliphatic heterocycles. The summed E-state index contributed by atoms with van der Waals surface area (Å²) in [6.07, 6.45) is 9.73. The number of aryl methyl sites for hydroxylation is 1. The lowest BCUT2D eigenvalue weighted by atomic mass is 9.74. The van der Waals surface area contributed by atoms with E-state index in [0.29, 0.717) is 12.8 Å². The fraction of sp³-hybridized carbons (Fsp3) is 0.364. The van der Waals surface area contributed by atoms with Crippen molar-refractivity contribution in [1.29, 1.82) is 0 Å². The molecule has 1 N–H and O–H groups in total. The van der Waals surface area contributed by atoms with Gasteiger partial charge in [0.1, 0.15) is 0 Å². The zero-order valence-corrected chi connectivity index (χ0v) is 16.3. The molecule has 0 bridgehead atoms. The average molecular weight is 375 g/mol. The van der Waals surface area contributed by atoms with Gasteiger partial charge in [-0.3, -0.25) is 14.8 Å². The first kappa shape index (κ1) is 18.3. The summed E-state index contributed by atoms with van der Waals surface area (Å²) >= 11 is 0. The summed E-state index contributed by atoms with van der Waals surface area (Å²) in [4.78, 5) is 20.9. The molecule has 28 heavy (non-hydrogen) atoms. The summed E-state index contributed by atoms with van der Waals surface area (Å²) in [7, 11) is 0. The number of aromatic nitrogens is 4. The Hall–Kier alpha value is -3.02. The number of carbonyl (C=O) groups excluding carboxylic acids is 1. The van der Waals surface area contributed by atoms with Crippen molar-refractivity contribution in [3.63, 3.8) is 0 Å². The van der Waals surface area contributed by atoms with E-state index in [1.54, 1.807) is 18.6 Å². The molecule has 1 aliphatic carbocycles. The second-order valence-electron chi connectivity index (χ2n) is 8.16. The molecule has 3 aromatic rings. The van der Waals surface area contributed by atoms with Crippen LogP contribution in [0, 0.1) is 5.41 Å². The Morgan fingerprint density at radius 1 is 1.21 bits per heavy atom. The lowest BCUT2D eigenvalue weighted by molar-refractivity contribution is -0.122. The molecule has 1 aliphatic rings. The van der Waals surface area contributed by atoms with Crippen LogP contribution >= 0.6 is 0 Å². The van der Waals surface area contributed by atoms with Crippen molar-refractivity contribution in [2.24, 2.45) is 5.41 Å². The van der Waals surface area contributed by atoms with Gasteiger partial charge in [-0.2, -0.15) is 5.10 Å². The number of rotatable bonds is 5. The normalized spacial score (nSPS) is 17.7. The van der Waals surface area contributed by atoms with Crippen LogP contribution < -0.4 is 5.32 Å². The van der Waals surface area contributed by atoms with Crippen LogP contribution in [0.1, 0.15) is 49.7 Å². The Bertz CT molecular complexity index is 950. The van der Waals surface area contributed by atoms with Crippen molar-refractivity contribution >= 4 is 5.91 Å². The number of fused-ring (bicyclic) bond motifs is 1. The van der Waals surface area contributed by atoms with Crippen LogP contribution in [-0.4, -0.2) is 25.7 Å². The highest BCUT2D eigenvalue weighted by atomic mass is 16.1. The van der Waals surface area contributed by atoms with Crippen molar-refractivity contribution < 1.29 is 4.79 Å². The monoisotopic (exact) mass is 375 g/mol. The zero-order valence-electron chi connectivity index (χ0n) is 16.3. The molecule has 0 spiro atoms. The van der Waals surface area contributed by atoms with Gasteiger partial charge in [0.05, 0.1) is 29.3 Å². The number of carbonyl (C=O) groups is 1. The molecule has 0 fully saturated rings. The van der Waals surface area contributed by atoms with Crippen molar-refractivity contribution in [2.75, 3.05) is 0 Å². The fourth-order valence-corrected chi connectivity index (χ4v) is 3.93. The number of para-hydroxylation sites is 1. The van der Waals surface area contributed by atoms with Gasteiger partial charge in [-0.05, 0) is 36.8 Å². The summed E-state index contributed by atoms with van der Waals surface area (Å²) in [5.74, 6) is 0.0340.